The second-order valence-electron chi connectivity index (χ2n) is 5.87. The zero-order chi connectivity index (χ0) is 21.4. The molecule has 2 rings (SSSR count). The van der Waals surface area contributed by atoms with Gasteiger partial charge in [-0.2, -0.15) is 13.2 Å². The number of anilines is 1. The van der Waals surface area contributed by atoms with E-state index in [1.807, 2.05) is 0 Å². The van der Waals surface area contributed by atoms with Gasteiger partial charge < -0.3 is 20.5 Å². The minimum Gasteiger partial charge on any atom is -0.468 e. The molecule has 0 saturated carbocycles. The standard InChI is InChI=1S/C18H19F3N4O4/c1-2-15(27)25-14-7-11(5-6-22-14)17(28)24-13(9-26)12-3-4-16(23-8-12)29-10-18(19,20)21/h3-8,13,26H,2,9-10H2,1H3,(H,24,28)(H,22,25,27). The van der Waals surface area contributed by atoms with E-state index < -0.39 is 31.3 Å². The van der Waals surface area contributed by atoms with E-state index >= 15 is 0 Å². The highest BCUT2D eigenvalue weighted by atomic mass is 19.4. The first-order chi connectivity index (χ1) is 13.7. The van der Waals surface area contributed by atoms with Crippen LogP contribution in [-0.4, -0.2) is 46.3 Å². The molecular formula is C18H19F3N4O4. The largest absolute Gasteiger partial charge is 0.468 e. The summed E-state index contributed by atoms with van der Waals surface area (Å²) in [5, 5.41) is 14.7. The summed E-state index contributed by atoms with van der Waals surface area (Å²) in [7, 11) is 0. The minimum absolute atomic E-state index is 0.197. The molecule has 0 aliphatic heterocycles. The van der Waals surface area contributed by atoms with Crippen LogP contribution in [0.25, 0.3) is 0 Å². The number of hydrogen-bond acceptors (Lipinski definition) is 6. The van der Waals surface area contributed by atoms with Crippen LogP contribution in [0.1, 0.15) is 35.3 Å². The van der Waals surface area contributed by atoms with E-state index in [-0.39, 0.29) is 29.6 Å². The van der Waals surface area contributed by atoms with Crippen LogP contribution in [-0.2, 0) is 4.79 Å². The fourth-order valence-electron chi connectivity index (χ4n) is 2.19. The molecule has 2 amide bonds. The van der Waals surface area contributed by atoms with Crippen molar-refractivity contribution in [1.29, 1.82) is 0 Å². The number of nitrogens with zero attached hydrogens (tertiary/aromatic N) is 2. The number of carbonyl (C=O) groups excluding carboxylic acids is 2. The summed E-state index contributed by atoms with van der Waals surface area (Å²) in [6.07, 6.45) is -1.68. The quantitative estimate of drug-likeness (QED) is 0.613. The summed E-state index contributed by atoms with van der Waals surface area (Å²) in [4.78, 5) is 31.6. The molecule has 3 N–H and O–H groups in total. The van der Waals surface area contributed by atoms with Gasteiger partial charge in [-0.1, -0.05) is 6.92 Å². The Bertz CT molecular complexity index is 844. The first kappa shape index (κ1) is 22.1. The first-order valence-electron chi connectivity index (χ1n) is 8.55. The molecule has 0 radical (unpaired) electrons. The summed E-state index contributed by atoms with van der Waals surface area (Å²) in [6.45, 7) is -0.273. The summed E-state index contributed by atoms with van der Waals surface area (Å²) >= 11 is 0. The Balaban J connectivity index is 2.04. The van der Waals surface area contributed by atoms with Crippen molar-refractivity contribution in [3.05, 3.63) is 47.8 Å². The number of amides is 2. The van der Waals surface area contributed by atoms with E-state index in [1.165, 1.54) is 36.7 Å². The number of aromatic nitrogens is 2. The van der Waals surface area contributed by atoms with Gasteiger partial charge in [-0.05, 0) is 23.8 Å². The second kappa shape index (κ2) is 9.82. The van der Waals surface area contributed by atoms with Crippen LogP contribution in [0.5, 0.6) is 5.88 Å². The number of alkyl halides is 3. The number of aliphatic hydroxyl groups excluding tert-OH is 1. The highest BCUT2D eigenvalue weighted by Gasteiger charge is 2.28. The van der Waals surface area contributed by atoms with Gasteiger partial charge in [0.15, 0.2) is 6.61 Å². The van der Waals surface area contributed by atoms with Crippen molar-refractivity contribution in [3.8, 4) is 5.88 Å². The van der Waals surface area contributed by atoms with E-state index in [1.54, 1.807) is 6.92 Å². The summed E-state index contributed by atoms with van der Waals surface area (Å²) in [6, 6.07) is 4.55. The molecule has 8 nitrogen and oxygen atoms in total. The average molecular weight is 412 g/mol. The number of hydrogen-bond donors (Lipinski definition) is 3. The van der Waals surface area contributed by atoms with Crippen molar-refractivity contribution in [2.45, 2.75) is 25.6 Å². The number of rotatable bonds is 8. The van der Waals surface area contributed by atoms with Gasteiger partial charge >= 0.3 is 6.18 Å². The van der Waals surface area contributed by atoms with Crippen LogP contribution in [0.2, 0.25) is 0 Å². The molecule has 29 heavy (non-hydrogen) atoms. The van der Waals surface area contributed by atoms with Gasteiger partial charge in [0.05, 0.1) is 12.6 Å². The molecular weight excluding hydrogens is 393 g/mol. The molecule has 0 aromatic carbocycles. The summed E-state index contributed by atoms with van der Waals surface area (Å²) < 4.78 is 41.0. The fraction of sp³-hybridized carbons (Fsp3) is 0.333. The predicted molar refractivity (Wildman–Crippen MR) is 96.2 cm³/mol. The highest BCUT2D eigenvalue weighted by Crippen LogP contribution is 2.19. The Morgan fingerprint density at radius 1 is 1.24 bits per heavy atom. The Hall–Kier alpha value is -3.21. The molecule has 11 heteroatoms. The van der Waals surface area contributed by atoms with Crippen molar-refractivity contribution >= 4 is 17.6 Å². The maximum Gasteiger partial charge on any atom is 0.422 e. The van der Waals surface area contributed by atoms with Crippen molar-refractivity contribution in [2.24, 2.45) is 0 Å². The third kappa shape index (κ3) is 7.03. The van der Waals surface area contributed by atoms with Gasteiger partial charge in [0.25, 0.3) is 5.91 Å². The Labute approximate surface area is 164 Å². The van der Waals surface area contributed by atoms with Crippen molar-refractivity contribution in [1.82, 2.24) is 15.3 Å². The van der Waals surface area contributed by atoms with Crippen molar-refractivity contribution in [3.63, 3.8) is 0 Å². The lowest BCUT2D eigenvalue weighted by molar-refractivity contribution is -0.154. The van der Waals surface area contributed by atoms with Crippen LogP contribution in [0, 0.1) is 0 Å². The Morgan fingerprint density at radius 2 is 2.00 bits per heavy atom. The molecule has 0 spiro atoms. The normalized spacial score (nSPS) is 12.2. The van der Waals surface area contributed by atoms with Crippen LogP contribution in [0.3, 0.4) is 0 Å². The van der Waals surface area contributed by atoms with Crippen molar-refractivity contribution in [2.75, 3.05) is 18.5 Å². The maximum atomic E-state index is 12.4. The zero-order valence-corrected chi connectivity index (χ0v) is 15.4. The maximum absolute atomic E-state index is 12.4. The van der Waals surface area contributed by atoms with E-state index in [9.17, 15) is 27.9 Å². The molecule has 0 bridgehead atoms. The highest BCUT2D eigenvalue weighted by molar-refractivity contribution is 5.96. The van der Waals surface area contributed by atoms with Gasteiger partial charge in [0, 0.05) is 30.4 Å². The average Bonchev–Trinajstić information content (AvgIpc) is 2.70. The zero-order valence-electron chi connectivity index (χ0n) is 15.4. The monoisotopic (exact) mass is 412 g/mol. The second-order valence-corrected chi connectivity index (χ2v) is 5.87. The lowest BCUT2D eigenvalue weighted by Crippen LogP contribution is -2.31. The molecule has 2 aromatic rings. The molecule has 0 aliphatic carbocycles. The molecule has 0 aliphatic rings. The molecule has 1 atom stereocenters. The summed E-state index contributed by atoms with van der Waals surface area (Å²) in [5.74, 6) is -0.838. The van der Waals surface area contributed by atoms with Crippen LogP contribution >= 0.6 is 0 Å². The molecule has 156 valence electrons. The van der Waals surface area contributed by atoms with E-state index in [0.717, 1.165) is 0 Å². The lowest BCUT2D eigenvalue weighted by atomic mass is 10.1. The Morgan fingerprint density at radius 3 is 2.59 bits per heavy atom. The third-order valence-corrected chi connectivity index (χ3v) is 3.64. The number of ether oxygens (including phenoxy) is 1. The van der Waals surface area contributed by atoms with Gasteiger partial charge in [-0.3, -0.25) is 9.59 Å². The predicted octanol–water partition coefficient (Wildman–Crippen LogP) is 2.23. The molecule has 2 aromatic heterocycles. The van der Waals surface area contributed by atoms with Crippen LogP contribution in [0.15, 0.2) is 36.7 Å². The van der Waals surface area contributed by atoms with Gasteiger partial charge in [-0.15, -0.1) is 0 Å². The third-order valence-electron chi connectivity index (χ3n) is 3.64. The topological polar surface area (TPSA) is 113 Å². The molecule has 2 heterocycles. The van der Waals surface area contributed by atoms with E-state index in [4.69, 9.17) is 0 Å². The number of pyridine rings is 2. The van der Waals surface area contributed by atoms with Crippen LogP contribution < -0.4 is 15.4 Å². The molecule has 1 unspecified atom stereocenters. The minimum atomic E-state index is -4.48. The number of carbonyl (C=O) groups is 2. The molecule has 0 saturated heterocycles. The Kier molecular flexibility index (Phi) is 7.48. The van der Waals surface area contributed by atoms with Gasteiger partial charge in [0.1, 0.15) is 5.82 Å². The van der Waals surface area contributed by atoms with E-state index in [0.29, 0.717) is 5.56 Å². The van der Waals surface area contributed by atoms with Crippen LogP contribution in [0.4, 0.5) is 19.0 Å². The molecule has 0 fully saturated rings. The fourth-order valence-corrected chi connectivity index (χ4v) is 2.19. The smallest absolute Gasteiger partial charge is 0.422 e. The summed E-state index contributed by atoms with van der Waals surface area (Å²) in [5.41, 5.74) is 0.566. The van der Waals surface area contributed by atoms with Gasteiger partial charge in [0.2, 0.25) is 11.8 Å². The van der Waals surface area contributed by atoms with E-state index in [2.05, 4.69) is 25.3 Å². The number of halogens is 3. The SMILES string of the molecule is CCC(=O)Nc1cc(C(=O)NC(CO)c2ccc(OCC(F)(F)F)nc2)ccn1. The number of aliphatic hydroxyl groups is 1. The number of nitrogens with one attached hydrogen (secondary N) is 2. The lowest BCUT2D eigenvalue weighted by Gasteiger charge is -2.17. The van der Waals surface area contributed by atoms with Crippen molar-refractivity contribution < 1.29 is 32.6 Å². The first-order valence-corrected chi connectivity index (χ1v) is 8.55. The van der Waals surface area contributed by atoms with Gasteiger partial charge in [-0.25, -0.2) is 9.97 Å².